The maximum atomic E-state index is 3.65. The highest BCUT2D eigenvalue weighted by molar-refractivity contribution is 7.99. The normalized spacial score (nSPS) is 31.2. The van der Waals surface area contributed by atoms with Gasteiger partial charge in [0.05, 0.1) is 0 Å². The van der Waals surface area contributed by atoms with E-state index in [2.05, 4.69) is 17.1 Å². The molecule has 1 spiro atoms. The molecular formula is C8H15NS. The van der Waals surface area contributed by atoms with E-state index >= 15 is 0 Å². The van der Waals surface area contributed by atoms with Crippen molar-refractivity contribution in [3.63, 3.8) is 0 Å². The summed E-state index contributed by atoms with van der Waals surface area (Å²) in [5.74, 6) is 2.76. The molecule has 0 aromatic heterocycles. The summed E-state index contributed by atoms with van der Waals surface area (Å²) in [7, 11) is 0. The van der Waals surface area contributed by atoms with E-state index in [9.17, 15) is 0 Å². The molecule has 1 N–H and O–H groups in total. The third kappa shape index (κ3) is 1.48. The summed E-state index contributed by atoms with van der Waals surface area (Å²) < 4.78 is 0. The lowest BCUT2D eigenvalue weighted by atomic mass is 10.2. The van der Waals surface area contributed by atoms with Crippen molar-refractivity contribution in [2.75, 3.05) is 18.1 Å². The summed E-state index contributed by atoms with van der Waals surface area (Å²) in [6.45, 7) is 1.26. The van der Waals surface area contributed by atoms with Crippen LogP contribution in [0.1, 0.15) is 25.7 Å². The Balaban J connectivity index is 1.84. The minimum absolute atomic E-state index is 0.616. The molecule has 0 bridgehead atoms. The first kappa shape index (κ1) is 6.99. The van der Waals surface area contributed by atoms with Gasteiger partial charge in [-0.15, -0.1) is 0 Å². The fourth-order valence-electron chi connectivity index (χ4n) is 1.47. The third-order valence-electron chi connectivity index (χ3n) is 2.45. The second-order valence-electron chi connectivity index (χ2n) is 3.47. The van der Waals surface area contributed by atoms with Crippen LogP contribution < -0.4 is 5.32 Å². The Hall–Kier alpha value is 0.310. The van der Waals surface area contributed by atoms with Crippen LogP contribution in [0.4, 0.5) is 0 Å². The van der Waals surface area contributed by atoms with Crippen molar-refractivity contribution in [2.24, 2.45) is 0 Å². The zero-order valence-corrected chi connectivity index (χ0v) is 7.17. The summed E-state index contributed by atoms with van der Waals surface area (Å²) in [5.41, 5.74) is 0.616. The molecule has 2 heteroatoms. The molecule has 1 nitrogen and oxygen atoms in total. The summed E-state index contributed by atoms with van der Waals surface area (Å²) in [5, 5.41) is 3.65. The van der Waals surface area contributed by atoms with Gasteiger partial charge in [-0.2, -0.15) is 11.8 Å². The van der Waals surface area contributed by atoms with Crippen molar-refractivity contribution in [1.29, 1.82) is 0 Å². The van der Waals surface area contributed by atoms with E-state index in [-0.39, 0.29) is 0 Å². The zero-order valence-electron chi connectivity index (χ0n) is 6.36. The number of nitrogens with one attached hydrogen (secondary N) is 1. The van der Waals surface area contributed by atoms with Crippen molar-refractivity contribution in [3.8, 4) is 0 Å². The van der Waals surface area contributed by atoms with E-state index in [0.717, 1.165) is 0 Å². The molecule has 2 rings (SSSR count). The molecule has 2 aliphatic rings. The van der Waals surface area contributed by atoms with Crippen molar-refractivity contribution < 1.29 is 0 Å². The van der Waals surface area contributed by atoms with Crippen LogP contribution in [0.15, 0.2) is 0 Å². The zero-order chi connectivity index (χ0) is 6.86. The van der Waals surface area contributed by atoms with Crippen molar-refractivity contribution in [2.45, 2.75) is 31.2 Å². The maximum Gasteiger partial charge on any atom is 0.0273 e. The molecule has 0 aromatic carbocycles. The lowest BCUT2D eigenvalue weighted by Crippen LogP contribution is -2.35. The Bertz CT molecular complexity index is 110. The lowest BCUT2D eigenvalue weighted by molar-refractivity contribution is 0.524. The van der Waals surface area contributed by atoms with E-state index in [4.69, 9.17) is 0 Å². The molecule has 0 aromatic rings. The SMILES string of the molecule is C1CCSCC2(CC2)NC1. The van der Waals surface area contributed by atoms with Crippen LogP contribution in [-0.4, -0.2) is 23.6 Å². The number of rotatable bonds is 0. The van der Waals surface area contributed by atoms with Crippen LogP contribution in [0, 0.1) is 0 Å². The monoisotopic (exact) mass is 157 g/mol. The van der Waals surface area contributed by atoms with Crippen molar-refractivity contribution >= 4 is 11.8 Å². The molecular weight excluding hydrogens is 142 g/mol. The van der Waals surface area contributed by atoms with Crippen LogP contribution in [0.2, 0.25) is 0 Å². The van der Waals surface area contributed by atoms with E-state index < -0.39 is 0 Å². The van der Waals surface area contributed by atoms with Gasteiger partial charge in [0.25, 0.3) is 0 Å². The topological polar surface area (TPSA) is 12.0 Å². The second-order valence-corrected chi connectivity index (χ2v) is 4.57. The minimum Gasteiger partial charge on any atom is -0.310 e. The van der Waals surface area contributed by atoms with Crippen LogP contribution in [0.3, 0.4) is 0 Å². The van der Waals surface area contributed by atoms with Gasteiger partial charge >= 0.3 is 0 Å². The molecule has 0 unspecified atom stereocenters. The van der Waals surface area contributed by atoms with Gasteiger partial charge in [0.1, 0.15) is 0 Å². The van der Waals surface area contributed by atoms with Gasteiger partial charge in [-0.05, 0) is 38.0 Å². The average molecular weight is 157 g/mol. The van der Waals surface area contributed by atoms with Crippen molar-refractivity contribution in [1.82, 2.24) is 5.32 Å². The van der Waals surface area contributed by atoms with Gasteiger partial charge in [0.15, 0.2) is 0 Å². The maximum absolute atomic E-state index is 3.65. The van der Waals surface area contributed by atoms with Gasteiger partial charge in [0, 0.05) is 11.3 Å². The summed E-state index contributed by atoms with van der Waals surface area (Å²) in [4.78, 5) is 0. The Morgan fingerprint density at radius 2 is 2.10 bits per heavy atom. The first-order valence-electron chi connectivity index (χ1n) is 4.24. The highest BCUT2D eigenvalue weighted by Gasteiger charge is 2.41. The largest absolute Gasteiger partial charge is 0.310 e. The first-order chi connectivity index (χ1) is 4.91. The fraction of sp³-hybridized carbons (Fsp3) is 1.00. The first-order valence-corrected chi connectivity index (χ1v) is 5.40. The van der Waals surface area contributed by atoms with E-state index in [1.807, 2.05) is 0 Å². The highest BCUT2D eigenvalue weighted by Crippen LogP contribution is 2.39. The number of thioether (sulfide) groups is 1. The van der Waals surface area contributed by atoms with Gasteiger partial charge in [-0.25, -0.2) is 0 Å². The minimum atomic E-state index is 0.616. The van der Waals surface area contributed by atoms with E-state index in [1.54, 1.807) is 0 Å². The van der Waals surface area contributed by atoms with Gasteiger partial charge in [-0.1, -0.05) is 0 Å². The molecule has 1 saturated heterocycles. The second kappa shape index (κ2) is 2.74. The molecule has 1 aliphatic heterocycles. The predicted octanol–water partition coefficient (Wildman–Crippen LogP) is 1.64. The Labute approximate surface area is 67.0 Å². The Morgan fingerprint density at radius 1 is 1.20 bits per heavy atom. The molecule has 58 valence electrons. The van der Waals surface area contributed by atoms with Gasteiger partial charge < -0.3 is 5.32 Å². The molecule has 1 aliphatic carbocycles. The van der Waals surface area contributed by atoms with Crippen LogP contribution in [0.25, 0.3) is 0 Å². The highest BCUT2D eigenvalue weighted by atomic mass is 32.2. The molecule has 0 atom stereocenters. The summed E-state index contributed by atoms with van der Waals surface area (Å²) in [6, 6.07) is 0. The standard InChI is InChI=1S/C8H15NS/c1-2-6-10-7-8(3-4-8)9-5-1/h9H,1-7H2. The van der Waals surface area contributed by atoms with Crippen molar-refractivity contribution in [3.05, 3.63) is 0 Å². The molecule has 0 radical (unpaired) electrons. The smallest absolute Gasteiger partial charge is 0.0273 e. The third-order valence-corrected chi connectivity index (χ3v) is 3.78. The Morgan fingerprint density at radius 3 is 2.90 bits per heavy atom. The van der Waals surface area contributed by atoms with Crippen LogP contribution in [-0.2, 0) is 0 Å². The van der Waals surface area contributed by atoms with E-state index in [0.29, 0.717) is 5.54 Å². The van der Waals surface area contributed by atoms with Gasteiger partial charge in [0.2, 0.25) is 0 Å². The molecule has 10 heavy (non-hydrogen) atoms. The lowest BCUT2D eigenvalue weighted by Gasteiger charge is -2.19. The fourth-order valence-corrected chi connectivity index (χ4v) is 2.81. The number of hydrogen-bond donors (Lipinski definition) is 1. The summed E-state index contributed by atoms with van der Waals surface area (Å²) in [6.07, 6.45) is 5.66. The summed E-state index contributed by atoms with van der Waals surface area (Å²) >= 11 is 2.14. The molecule has 2 fully saturated rings. The molecule has 0 amide bonds. The quantitative estimate of drug-likeness (QED) is 0.573. The number of hydrogen-bond acceptors (Lipinski definition) is 2. The van der Waals surface area contributed by atoms with Gasteiger partial charge in [-0.3, -0.25) is 0 Å². The Kier molecular flexibility index (Phi) is 1.92. The predicted molar refractivity (Wildman–Crippen MR) is 46.5 cm³/mol. The van der Waals surface area contributed by atoms with E-state index in [1.165, 1.54) is 43.7 Å². The molecule has 1 heterocycles. The molecule has 1 saturated carbocycles. The average Bonchev–Trinajstić information content (AvgIpc) is 2.61. The van der Waals surface area contributed by atoms with Crippen LogP contribution >= 0.6 is 11.8 Å². The van der Waals surface area contributed by atoms with Crippen LogP contribution in [0.5, 0.6) is 0 Å².